The lowest BCUT2D eigenvalue weighted by Gasteiger charge is -2.36. The molecule has 1 atom stereocenters. The van der Waals surface area contributed by atoms with Crippen LogP contribution in [-0.4, -0.2) is 29.8 Å². The summed E-state index contributed by atoms with van der Waals surface area (Å²) in [5.41, 5.74) is 0.604. The molecule has 0 aromatic heterocycles. The molecule has 2 amide bonds. The number of nitrogens with zero attached hydrogens (tertiary/aromatic N) is 1. The number of piperidine rings is 1. The van der Waals surface area contributed by atoms with Gasteiger partial charge in [0.15, 0.2) is 0 Å². The Bertz CT molecular complexity index is 682. The second-order valence-corrected chi connectivity index (χ2v) is 9.40. The maximum Gasteiger partial charge on any atom is 0.227 e. The Morgan fingerprint density at radius 1 is 1.04 bits per heavy atom. The van der Waals surface area contributed by atoms with Crippen molar-refractivity contribution in [1.82, 2.24) is 10.2 Å². The van der Waals surface area contributed by atoms with E-state index >= 15 is 0 Å². The van der Waals surface area contributed by atoms with Gasteiger partial charge in [0.05, 0.1) is 6.04 Å². The zero-order chi connectivity index (χ0) is 20.3. The monoisotopic (exact) mass is 388 g/mol. The van der Waals surface area contributed by atoms with E-state index in [1.165, 1.54) is 25.0 Å². The lowest BCUT2D eigenvalue weighted by atomic mass is 9.88. The molecule has 0 radical (unpaired) electrons. The van der Waals surface area contributed by atoms with E-state index in [9.17, 15) is 14.0 Å². The highest BCUT2D eigenvalue weighted by molar-refractivity contribution is 5.83. The van der Waals surface area contributed by atoms with Gasteiger partial charge in [0, 0.05) is 24.4 Å². The fourth-order valence-electron chi connectivity index (χ4n) is 4.52. The van der Waals surface area contributed by atoms with Crippen LogP contribution in [-0.2, 0) is 9.59 Å². The van der Waals surface area contributed by atoms with Crippen molar-refractivity contribution in [2.45, 2.75) is 65.3 Å². The van der Waals surface area contributed by atoms with Gasteiger partial charge in [0.2, 0.25) is 11.8 Å². The quantitative estimate of drug-likeness (QED) is 0.828. The molecule has 28 heavy (non-hydrogen) atoms. The van der Waals surface area contributed by atoms with E-state index in [0.29, 0.717) is 31.8 Å². The number of carbonyl (C=O) groups excluding carboxylic acids is 2. The fourth-order valence-corrected chi connectivity index (χ4v) is 4.52. The van der Waals surface area contributed by atoms with E-state index in [0.717, 1.165) is 18.4 Å². The van der Waals surface area contributed by atoms with Gasteiger partial charge in [0.25, 0.3) is 0 Å². The van der Waals surface area contributed by atoms with Gasteiger partial charge in [-0.15, -0.1) is 0 Å². The summed E-state index contributed by atoms with van der Waals surface area (Å²) in [6, 6.07) is 6.48. The fraction of sp³-hybridized carbons (Fsp3) is 0.652. The molecule has 1 N–H and O–H groups in total. The summed E-state index contributed by atoms with van der Waals surface area (Å²) in [7, 11) is 0. The highest BCUT2D eigenvalue weighted by atomic mass is 19.1. The first-order valence-corrected chi connectivity index (χ1v) is 10.6. The van der Waals surface area contributed by atoms with E-state index in [4.69, 9.17) is 0 Å². The van der Waals surface area contributed by atoms with E-state index in [2.05, 4.69) is 5.32 Å². The minimum absolute atomic E-state index is 0.0511. The summed E-state index contributed by atoms with van der Waals surface area (Å²) in [5, 5.41) is 3.27. The Balaban J connectivity index is 1.63. The van der Waals surface area contributed by atoms with Gasteiger partial charge >= 0.3 is 0 Å². The summed E-state index contributed by atoms with van der Waals surface area (Å²) in [4.78, 5) is 27.3. The maximum absolute atomic E-state index is 13.3. The molecular formula is C23H33FN2O2. The summed E-state index contributed by atoms with van der Waals surface area (Å²) >= 11 is 0. The van der Waals surface area contributed by atoms with Crippen molar-refractivity contribution in [3.05, 3.63) is 35.6 Å². The van der Waals surface area contributed by atoms with Crippen molar-refractivity contribution < 1.29 is 14.0 Å². The second-order valence-electron chi connectivity index (χ2n) is 9.40. The predicted octanol–water partition coefficient (Wildman–Crippen LogP) is 4.46. The highest BCUT2D eigenvalue weighted by Crippen LogP contribution is 2.36. The van der Waals surface area contributed by atoms with Crippen molar-refractivity contribution in [3.63, 3.8) is 0 Å². The number of rotatable bonds is 4. The van der Waals surface area contributed by atoms with Gasteiger partial charge in [0.1, 0.15) is 5.82 Å². The summed E-state index contributed by atoms with van der Waals surface area (Å²) in [6.07, 6.45) is 5.97. The molecule has 3 rings (SSSR count). The number of hydrogen-bond acceptors (Lipinski definition) is 2. The lowest BCUT2D eigenvalue weighted by Crippen LogP contribution is -2.47. The first kappa shape index (κ1) is 20.8. The topological polar surface area (TPSA) is 49.4 Å². The van der Waals surface area contributed by atoms with Crippen LogP contribution in [0.2, 0.25) is 0 Å². The van der Waals surface area contributed by atoms with Crippen LogP contribution in [0.25, 0.3) is 0 Å². The molecule has 4 nitrogen and oxygen atoms in total. The standard InChI is InChI=1S/C23H33FN2O2/c1-23(2,3)22(28)26-14-12-18(13-15-26)21(27)25-20(16-6-4-5-7-16)17-8-10-19(24)11-9-17/h8-11,16,18,20H,4-7,12-15H2,1-3H3,(H,25,27)/t20-/m0/s1. The maximum atomic E-state index is 13.3. The Kier molecular flexibility index (Phi) is 6.41. The number of hydrogen-bond donors (Lipinski definition) is 1. The van der Waals surface area contributed by atoms with Crippen LogP contribution < -0.4 is 5.32 Å². The minimum Gasteiger partial charge on any atom is -0.349 e. The number of nitrogens with one attached hydrogen (secondary N) is 1. The first-order chi connectivity index (χ1) is 13.3. The molecule has 0 unspecified atom stereocenters. The SMILES string of the molecule is CC(C)(C)C(=O)N1CCC(C(=O)N[C@H](c2ccc(F)cc2)C2CCCC2)CC1. The van der Waals surface area contributed by atoms with Crippen molar-refractivity contribution in [2.75, 3.05) is 13.1 Å². The highest BCUT2D eigenvalue weighted by Gasteiger charge is 2.34. The lowest BCUT2D eigenvalue weighted by molar-refractivity contribution is -0.142. The summed E-state index contributed by atoms with van der Waals surface area (Å²) in [6.45, 7) is 7.08. The molecule has 1 aromatic carbocycles. The normalized spacial score (nSPS) is 20.2. The Morgan fingerprint density at radius 3 is 2.14 bits per heavy atom. The van der Waals surface area contributed by atoms with Gasteiger partial charge in [-0.25, -0.2) is 4.39 Å². The zero-order valence-electron chi connectivity index (χ0n) is 17.3. The van der Waals surface area contributed by atoms with E-state index in [-0.39, 0.29) is 35.0 Å². The molecule has 1 saturated carbocycles. The second kappa shape index (κ2) is 8.62. The molecule has 1 heterocycles. The molecule has 1 aliphatic heterocycles. The van der Waals surface area contributed by atoms with Gasteiger partial charge in [-0.2, -0.15) is 0 Å². The molecule has 1 saturated heterocycles. The van der Waals surface area contributed by atoms with Crippen LogP contribution in [0.5, 0.6) is 0 Å². The smallest absolute Gasteiger partial charge is 0.227 e. The van der Waals surface area contributed by atoms with Crippen LogP contribution >= 0.6 is 0 Å². The molecule has 1 aliphatic carbocycles. The average Bonchev–Trinajstić information content (AvgIpc) is 3.20. The van der Waals surface area contributed by atoms with Crippen molar-refractivity contribution in [1.29, 1.82) is 0 Å². The molecule has 2 fully saturated rings. The predicted molar refractivity (Wildman–Crippen MR) is 108 cm³/mol. The Morgan fingerprint density at radius 2 is 1.61 bits per heavy atom. The van der Waals surface area contributed by atoms with E-state index in [1.807, 2.05) is 25.7 Å². The molecule has 1 aromatic rings. The van der Waals surface area contributed by atoms with E-state index in [1.54, 1.807) is 12.1 Å². The van der Waals surface area contributed by atoms with Crippen LogP contribution in [0.4, 0.5) is 4.39 Å². The zero-order valence-corrected chi connectivity index (χ0v) is 17.3. The Hall–Kier alpha value is -1.91. The van der Waals surface area contributed by atoms with Crippen LogP contribution in [0.1, 0.15) is 70.9 Å². The molecule has 2 aliphatic rings. The number of benzene rings is 1. The van der Waals surface area contributed by atoms with Crippen LogP contribution in [0, 0.1) is 23.1 Å². The number of halogens is 1. The average molecular weight is 389 g/mol. The van der Waals surface area contributed by atoms with Gasteiger partial charge < -0.3 is 10.2 Å². The third kappa shape index (κ3) is 4.92. The molecule has 154 valence electrons. The number of amides is 2. The van der Waals surface area contributed by atoms with Crippen molar-refractivity contribution in [2.24, 2.45) is 17.3 Å². The number of likely N-dealkylation sites (tertiary alicyclic amines) is 1. The summed E-state index contributed by atoms with van der Waals surface area (Å²) in [5.74, 6) is 0.326. The molecule has 5 heteroatoms. The van der Waals surface area contributed by atoms with Crippen molar-refractivity contribution >= 4 is 11.8 Å². The van der Waals surface area contributed by atoms with Crippen LogP contribution in [0.3, 0.4) is 0 Å². The third-order valence-electron chi connectivity index (χ3n) is 6.19. The Labute approximate surface area is 167 Å². The van der Waals surface area contributed by atoms with E-state index < -0.39 is 0 Å². The van der Waals surface area contributed by atoms with Crippen LogP contribution in [0.15, 0.2) is 24.3 Å². The third-order valence-corrected chi connectivity index (χ3v) is 6.19. The molecular weight excluding hydrogens is 355 g/mol. The van der Waals surface area contributed by atoms with Gasteiger partial charge in [-0.3, -0.25) is 9.59 Å². The minimum atomic E-state index is -0.384. The molecule has 0 spiro atoms. The summed E-state index contributed by atoms with van der Waals surface area (Å²) < 4.78 is 13.3. The van der Waals surface area contributed by atoms with Crippen molar-refractivity contribution in [3.8, 4) is 0 Å². The largest absolute Gasteiger partial charge is 0.349 e. The molecule has 0 bridgehead atoms. The van der Waals surface area contributed by atoms with Gasteiger partial charge in [-0.05, 0) is 49.3 Å². The van der Waals surface area contributed by atoms with Gasteiger partial charge in [-0.1, -0.05) is 45.7 Å². The number of carbonyl (C=O) groups is 2. The first-order valence-electron chi connectivity index (χ1n) is 10.6.